The molecule has 0 spiro atoms. The third-order valence-electron chi connectivity index (χ3n) is 4.70. The second-order valence-corrected chi connectivity index (χ2v) is 6.18. The summed E-state index contributed by atoms with van der Waals surface area (Å²) in [5, 5.41) is 0. The average Bonchev–Trinajstić information content (AvgIpc) is 3.30. The van der Waals surface area contributed by atoms with Crippen LogP contribution in [-0.4, -0.2) is 37.7 Å². The molecule has 1 aromatic rings. The van der Waals surface area contributed by atoms with Crippen LogP contribution in [-0.2, 0) is 4.74 Å². The van der Waals surface area contributed by atoms with Gasteiger partial charge < -0.3 is 10.5 Å². The number of piperidine rings is 1. The quantitative estimate of drug-likeness (QED) is 0.897. The highest BCUT2D eigenvalue weighted by Gasteiger charge is 2.34. The fraction of sp³-hybridized carbons (Fsp3) is 0.647. The summed E-state index contributed by atoms with van der Waals surface area (Å²) in [4.78, 5) is 2.53. The van der Waals surface area contributed by atoms with Crippen LogP contribution in [0.4, 0.5) is 0 Å². The summed E-state index contributed by atoms with van der Waals surface area (Å²) < 4.78 is 5.27. The second kappa shape index (κ2) is 6.25. The van der Waals surface area contributed by atoms with Crippen molar-refractivity contribution >= 4 is 0 Å². The van der Waals surface area contributed by atoms with E-state index in [9.17, 15) is 0 Å². The zero-order valence-corrected chi connectivity index (χ0v) is 12.4. The smallest absolute Gasteiger partial charge is 0.0589 e. The summed E-state index contributed by atoms with van der Waals surface area (Å²) >= 11 is 0. The van der Waals surface area contributed by atoms with Crippen molar-refractivity contribution in [3.05, 3.63) is 35.4 Å². The Morgan fingerprint density at radius 3 is 2.65 bits per heavy atom. The predicted octanol–water partition coefficient (Wildman–Crippen LogP) is 2.67. The molecule has 3 rings (SSSR count). The first-order chi connectivity index (χ1) is 9.81. The number of hydrogen-bond acceptors (Lipinski definition) is 3. The van der Waals surface area contributed by atoms with E-state index in [0.29, 0.717) is 6.04 Å². The molecule has 2 unspecified atom stereocenters. The van der Waals surface area contributed by atoms with Gasteiger partial charge in [0.1, 0.15) is 0 Å². The van der Waals surface area contributed by atoms with Crippen LogP contribution in [0.5, 0.6) is 0 Å². The number of nitrogens with zero attached hydrogens (tertiary/aromatic N) is 1. The van der Waals surface area contributed by atoms with E-state index in [1.54, 1.807) is 7.11 Å². The van der Waals surface area contributed by atoms with Crippen molar-refractivity contribution < 1.29 is 4.74 Å². The Morgan fingerprint density at radius 2 is 1.95 bits per heavy atom. The molecular weight excluding hydrogens is 248 g/mol. The molecule has 2 atom stereocenters. The van der Waals surface area contributed by atoms with Crippen molar-refractivity contribution in [3.8, 4) is 0 Å². The highest BCUT2D eigenvalue weighted by atomic mass is 16.5. The minimum atomic E-state index is 0.250. The van der Waals surface area contributed by atoms with Gasteiger partial charge in [0.05, 0.1) is 12.6 Å². The van der Waals surface area contributed by atoms with E-state index >= 15 is 0 Å². The molecule has 20 heavy (non-hydrogen) atoms. The molecule has 110 valence electrons. The van der Waals surface area contributed by atoms with Gasteiger partial charge in [-0.05, 0) is 49.3 Å². The van der Waals surface area contributed by atoms with Crippen molar-refractivity contribution in [1.29, 1.82) is 0 Å². The monoisotopic (exact) mass is 274 g/mol. The van der Waals surface area contributed by atoms with Crippen LogP contribution < -0.4 is 5.73 Å². The summed E-state index contributed by atoms with van der Waals surface area (Å²) in [5.41, 5.74) is 9.49. The highest BCUT2D eigenvalue weighted by molar-refractivity contribution is 5.36. The molecule has 1 aromatic carbocycles. The maximum atomic E-state index is 6.48. The molecule has 0 amide bonds. The Bertz CT molecular complexity index is 444. The lowest BCUT2D eigenvalue weighted by Crippen LogP contribution is -2.47. The molecular formula is C17H26N2O. The van der Waals surface area contributed by atoms with Crippen LogP contribution in [0.1, 0.15) is 48.8 Å². The Hall–Kier alpha value is -0.900. The van der Waals surface area contributed by atoms with Gasteiger partial charge in [0.2, 0.25) is 0 Å². The normalized spacial score (nSPS) is 27.7. The van der Waals surface area contributed by atoms with Crippen LogP contribution in [0.3, 0.4) is 0 Å². The van der Waals surface area contributed by atoms with Crippen LogP contribution >= 0.6 is 0 Å². The fourth-order valence-electron chi connectivity index (χ4n) is 3.53. The fourth-order valence-corrected chi connectivity index (χ4v) is 3.53. The van der Waals surface area contributed by atoms with Crippen LogP contribution in [0.25, 0.3) is 0 Å². The summed E-state index contributed by atoms with van der Waals surface area (Å²) in [6.45, 7) is 2.91. The summed E-state index contributed by atoms with van der Waals surface area (Å²) in [7, 11) is 1.77. The van der Waals surface area contributed by atoms with Gasteiger partial charge in [0.15, 0.2) is 0 Å². The van der Waals surface area contributed by atoms with E-state index in [-0.39, 0.29) is 6.04 Å². The van der Waals surface area contributed by atoms with Crippen molar-refractivity contribution in [2.45, 2.75) is 43.7 Å². The van der Waals surface area contributed by atoms with Gasteiger partial charge in [-0.1, -0.05) is 24.3 Å². The molecule has 0 radical (unpaired) electrons. The number of ether oxygens (including phenoxy) is 1. The third kappa shape index (κ3) is 2.90. The Balaban J connectivity index is 1.87. The Labute approximate surface area is 122 Å². The third-order valence-corrected chi connectivity index (χ3v) is 4.70. The Kier molecular flexibility index (Phi) is 4.39. The maximum absolute atomic E-state index is 6.48. The molecule has 3 heteroatoms. The topological polar surface area (TPSA) is 38.5 Å². The zero-order valence-electron chi connectivity index (χ0n) is 12.4. The number of hydrogen-bond donors (Lipinski definition) is 1. The van der Waals surface area contributed by atoms with Crippen LogP contribution in [0.15, 0.2) is 24.3 Å². The van der Waals surface area contributed by atoms with Gasteiger partial charge in [0, 0.05) is 19.7 Å². The van der Waals surface area contributed by atoms with Crippen molar-refractivity contribution in [3.63, 3.8) is 0 Å². The molecule has 2 N–H and O–H groups in total. The van der Waals surface area contributed by atoms with E-state index in [1.807, 2.05) is 0 Å². The van der Waals surface area contributed by atoms with E-state index < -0.39 is 0 Å². The predicted molar refractivity (Wildman–Crippen MR) is 81.8 cm³/mol. The largest absolute Gasteiger partial charge is 0.383 e. The first-order valence-corrected chi connectivity index (χ1v) is 7.88. The Morgan fingerprint density at radius 1 is 1.20 bits per heavy atom. The van der Waals surface area contributed by atoms with E-state index in [2.05, 4.69) is 29.2 Å². The van der Waals surface area contributed by atoms with E-state index in [4.69, 9.17) is 10.5 Å². The first-order valence-electron chi connectivity index (χ1n) is 7.88. The van der Waals surface area contributed by atoms with Crippen molar-refractivity contribution in [2.24, 2.45) is 5.73 Å². The second-order valence-electron chi connectivity index (χ2n) is 6.18. The van der Waals surface area contributed by atoms with Gasteiger partial charge in [-0.25, -0.2) is 0 Å². The van der Waals surface area contributed by atoms with E-state index in [1.165, 1.54) is 30.4 Å². The number of benzene rings is 1. The SMILES string of the molecule is COCCN1CCCC(N)C1c1ccccc1C1CC1. The first kappa shape index (κ1) is 14.1. The standard InChI is InChI=1S/C17H26N2O/c1-20-12-11-19-10-4-7-16(18)17(19)15-6-3-2-5-14(15)13-8-9-13/h2-3,5-6,13,16-17H,4,7-12,18H2,1H3. The lowest BCUT2D eigenvalue weighted by molar-refractivity contribution is 0.0844. The lowest BCUT2D eigenvalue weighted by atomic mass is 9.87. The molecule has 1 heterocycles. The number of nitrogens with two attached hydrogens (primary N) is 1. The minimum absolute atomic E-state index is 0.250. The minimum Gasteiger partial charge on any atom is -0.383 e. The molecule has 1 saturated carbocycles. The summed E-state index contributed by atoms with van der Waals surface area (Å²) in [5.74, 6) is 0.782. The van der Waals surface area contributed by atoms with Gasteiger partial charge in [-0.15, -0.1) is 0 Å². The van der Waals surface area contributed by atoms with Crippen LogP contribution in [0, 0.1) is 0 Å². The molecule has 1 aliphatic heterocycles. The average molecular weight is 274 g/mol. The zero-order chi connectivity index (χ0) is 13.9. The molecule has 1 aliphatic carbocycles. The van der Waals surface area contributed by atoms with Gasteiger partial charge in [0.25, 0.3) is 0 Å². The molecule has 3 nitrogen and oxygen atoms in total. The molecule has 1 saturated heterocycles. The van der Waals surface area contributed by atoms with E-state index in [0.717, 1.165) is 32.0 Å². The molecule has 0 bridgehead atoms. The van der Waals surface area contributed by atoms with Gasteiger partial charge in [-0.3, -0.25) is 4.90 Å². The number of methoxy groups -OCH3 is 1. The number of likely N-dealkylation sites (tertiary alicyclic amines) is 1. The highest BCUT2D eigenvalue weighted by Crippen LogP contribution is 2.44. The molecule has 0 aromatic heterocycles. The molecule has 2 aliphatic rings. The summed E-state index contributed by atoms with van der Waals surface area (Å²) in [6.07, 6.45) is 5.02. The van der Waals surface area contributed by atoms with Gasteiger partial charge in [-0.2, -0.15) is 0 Å². The lowest BCUT2D eigenvalue weighted by Gasteiger charge is -2.41. The van der Waals surface area contributed by atoms with Crippen molar-refractivity contribution in [2.75, 3.05) is 26.8 Å². The van der Waals surface area contributed by atoms with Crippen molar-refractivity contribution in [1.82, 2.24) is 4.90 Å². The van der Waals surface area contributed by atoms with Gasteiger partial charge >= 0.3 is 0 Å². The van der Waals surface area contributed by atoms with Crippen LogP contribution in [0.2, 0.25) is 0 Å². The molecule has 2 fully saturated rings. The summed E-state index contributed by atoms with van der Waals surface area (Å²) in [6, 6.07) is 9.56. The maximum Gasteiger partial charge on any atom is 0.0589 e. The number of rotatable bonds is 5.